The minimum Gasteiger partial charge on any atom is -0.292 e. The molecule has 3 aromatic rings. The molecule has 1 aromatic carbocycles. The van der Waals surface area contributed by atoms with Gasteiger partial charge in [-0.2, -0.15) is 5.10 Å². The molecule has 0 saturated heterocycles. The molecule has 0 aliphatic carbocycles. The summed E-state index contributed by atoms with van der Waals surface area (Å²) in [4.78, 5) is 28.7. The maximum atomic E-state index is 12.3. The van der Waals surface area contributed by atoms with Gasteiger partial charge in [0.25, 0.3) is 5.56 Å². The fourth-order valence-corrected chi connectivity index (χ4v) is 2.42. The number of halogens is 1. The summed E-state index contributed by atoms with van der Waals surface area (Å²) < 4.78 is 3.89. The second-order valence-electron chi connectivity index (χ2n) is 4.61. The van der Waals surface area contributed by atoms with Gasteiger partial charge in [0.05, 0.1) is 12.7 Å². The normalized spacial score (nSPS) is 11.0. The fourth-order valence-electron chi connectivity index (χ4n) is 2.06. The number of Topliss-reactive ketones (excluding diaryl/α,β-unsaturated/α-hetero) is 1. The molecule has 0 bridgehead atoms. The Balaban J connectivity index is 1.94. The van der Waals surface area contributed by atoms with Crippen LogP contribution in [0.25, 0.3) is 11.0 Å². The number of ketones is 1. The third kappa shape index (κ3) is 2.60. The highest BCUT2D eigenvalue weighted by molar-refractivity contribution is 14.1. The van der Waals surface area contributed by atoms with Gasteiger partial charge in [-0.1, -0.05) is 12.1 Å². The molecule has 7 heteroatoms. The number of nitrogens with zero attached hydrogens (tertiary/aromatic N) is 4. The minimum atomic E-state index is -0.257. The lowest BCUT2D eigenvalue weighted by atomic mass is 10.1. The number of benzene rings is 1. The van der Waals surface area contributed by atoms with Gasteiger partial charge in [0.1, 0.15) is 11.7 Å². The van der Waals surface area contributed by atoms with Gasteiger partial charge >= 0.3 is 0 Å². The van der Waals surface area contributed by atoms with Crippen molar-refractivity contribution in [1.29, 1.82) is 0 Å². The first-order valence-corrected chi connectivity index (χ1v) is 7.30. The number of fused-ring (bicyclic) bond motifs is 1. The zero-order chi connectivity index (χ0) is 15.0. The highest BCUT2D eigenvalue weighted by Crippen LogP contribution is 2.09. The SMILES string of the molecule is Cn1ncc2c(=O)n(CC(=O)c3ccc(I)cc3)cnc21. The summed E-state index contributed by atoms with van der Waals surface area (Å²) in [5.41, 5.74) is 0.832. The summed E-state index contributed by atoms with van der Waals surface area (Å²) in [5, 5.41) is 4.41. The monoisotopic (exact) mass is 394 g/mol. The molecule has 0 unspecified atom stereocenters. The number of carbonyl (C=O) groups is 1. The molecule has 2 heterocycles. The molecule has 2 aromatic heterocycles. The van der Waals surface area contributed by atoms with Crippen molar-refractivity contribution in [3.63, 3.8) is 0 Å². The van der Waals surface area contributed by atoms with Gasteiger partial charge in [-0.3, -0.25) is 18.8 Å². The first-order chi connectivity index (χ1) is 10.1. The topological polar surface area (TPSA) is 69.8 Å². The number of aryl methyl sites for hydroxylation is 1. The van der Waals surface area contributed by atoms with E-state index in [0.717, 1.165) is 3.57 Å². The van der Waals surface area contributed by atoms with Gasteiger partial charge in [-0.05, 0) is 34.7 Å². The largest absolute Gasteiger partial charge is 0.292 e. The molecule has 0 atom stereocenters. The van der Waals surface area contributed by atoms with E-state index in [1.54, 1.807) is 19.2 Å². The predicted octanol–water partition coefficient (Wildman–Crippen LogP) is 1.62. The molecule has 0 aliphatic rings. The molecule has 0 radical (unpaired) electrons. The summed E-state index contributed by atoms with van der Waals surface area (Å²) in [7, 11) is 1.72. The van der Waals surface area contributed by atoms with Gasteiger partial charge in [-0.15, -0.1) is 0 Å². The Morgan fingerprint density at radius 3 is 2.71 bits per heavy atom. The molecule has 3 rings (SSSR count). The zero-order valence-electron chi connectivity index (χ0n) is 11.2. The van der Waals surface area contributed by atoms with Crippen LogP contribution >= 0.6 is 22.6 Å². The van der Waals surface area contributed by atoms with Crippen LogP contribution < -0.4 is 5.56 Å². The first-order valence-electron chi connectivity index (χ1n) is 6.22. The first kappa shape index (κ1) is 13.9. The molecule has 6 nitrogen and oxygen atoms in total. The van der Waals surface area contributed by atoms with Crippen molar-refractivity contribution in [2.75, 3.05) is 0 Å². The quantitative estimate of drug-likeness (QED) is 0.500. The summed E-state index contributed by atoms with van der Waals surface area (Å²) >= 11 is 2.17. The van der Waals surface area contributed by atoms with Crippen LogP contribution in [-0.4, -0.2) is 25.1 Å². The average Bonchev–Trinajstić information content (AvgIpc) is 2.85. The van der Waals surface area contributed by atoms with Crippen molar-refractivity contribution < 1.29 is 4.79 Å². The molecular weight excluding hydrogens is 383 g/mol. The lowest BCUT2D eigenvalue weighted by Crippen LogP contribution is -2.24. The van der Waals surface area contributed by atoms with Gasteiger partial charge in [-0.25, -0.2) is 4.98 Å². The second kappa shape index (κ2) is 5.40. The Labute approximate surface area is 133 Å². The molecule has 0 fully saturated rings. The molecule has 0 N–H and O–H groups in total. The van der Waals surface area contributed by atoms with Crippen LogP contribution in [0.4, 0.5) is 0 Å². The van der Waals surface area contributed by atoms with Crippen molar-refractivity contribution in [1.82, 2.24) is 19.3 Å². The number of hydrogen-bond acceptors (Lipinski definition) is 4. The maximum Gasteiger partial charge on any atom is 0.264 e. The summed E-state index contributed by atoms with van der Waals surface area (Å²) in [5.74, 6) is -0.126. The van der Waals surface area contributed by atoms with E-state index in [-0.39, 0.29) is 17.9 Å². The Kier molecular flexibility index (Phi) is 3.58. The van der Waals surface area contributed by atoms with Crippen LogP contribution in [0.15, 0.2) is 41.6 Å². The van der Waals surface area contributed by atoms with Gasteiger partial charge < -0.3 is 0 Å². The van der Waals surface area contributed by atoms with Crippen LogP contribution in [0.3, 0.4) is 0 Å². The Bertz CT molecular complexity index is 880. The van der Waals surface area contributed by atoms with E-state index in [0.29, 0.717) is 16.6 Å². The van der Waals surface area contributed by atoms with Crippen molar-refractivity contribution >= 4 is 39.4 Å². The van der Waals surface area contributed by atoms with Crippen LogP contribution in [0.2, 0.25) is 0 Å². The van der Waals surface area contributed by atoms with Crippen molar-refractivity contribution in [3.8, 4) is 0 Å². The highest BCUT2D eigenvalue weighted by atomic mass is 127. The summed E-state index contributed by atoms with van der Waals surface area (Å²) in [6, 6.07) is 7.23. The van der Waals surface area contributed by atoms with Crippen molar-refractivity contribution in [2.45, 2.75) is 6.54 Å². The number of carbonyl (C=O) groups excluding carboxylic acids is 1. The molecule has 21 heavy (non-hydrogen) atoms. The van der Waals surface area contributed by atoms with E-state index in [9.17, 15) is 9.59 Å². The van der Waals surface area contributed by atoms with E-state index in [2.05, 4.69) is 32.7 Å². The summed E-state index contributed by atoms with van der Waals surface area (Å²) in [6.07, 6.45) is 2.85. The molecule has 106 valence electrons. The van der Waals surface area contributed by atoms with E-state index < -0.39 is 0 Å². The lowest BCUT2D eigenvalue weighted by Gasteiger charge is -2.05. The Morgan fingerprint density at radius 2 is 2.00 bits per heavy atom. The van der Waals surface area contributed by atoms with Crippen LogP contribution in [0, 0.1) is 3.57 Å². The molecule has 0 amide bonds. The van der Waals surface area contributed by atoms with Gasteiger partial charge in [0, 0.05) is 16.2 Å². The van der Waals surface area contributed by atoms with E-state index >= 15 is 0 Å². The zero-order valence-corrected chi connectivity index (χ0v) is 13.3. The Morgan fingerprint density at radius 1 is 1.29 bits per heavy atom. The third-order valence-corrected chi connectivity index (χ3v) is 3.92. The third-order valence-electron chi connectivity index (χ3n) is 3.20. The standard InChI is InChI=1S/C14H11IN4O2/c1-18-13-11(6-17-18)14(21)19(8-16-13)7-12(20)9-2-4-10(15)5-3-9/h2-6,8H,7H2,1H3. The molecule has 0 saturated carbocycles. The van der Waals surface area contributed by atoms with Crippen molar-refractivity contribution in [3.05, 3.63) is 56.3 Å². The molecule has 0 aliphatic heterocycles. The number of aromatic nitrogens is 4. The van der Waals surface area contributed by atoms with Crippen LogP contribution in [-0.2, 0) is 13.6 Å². The predicted molar refractivity (Wildman–Crippen MR) is 86.3 cm³/mol. The minimum absolute atomic E-state index is 0.0305. The van der Waals surface area contributed by atoms with E-state index in [1.807, 2.05) is 12.1 Å². The van der Waals surface area contributed by atoms with Gasteiger partial charge in [0.2, 0.25) is 0 Å². The fraction of sp³-hybridized carbons (Fsp3) is 0.143. The molecular formula is C14H11IN4O2. The smallest absolute Gasteiger partial charge is 0.264 e. The number of rotatable bonds is 3. The second-order valence-corrected chi connectivity index (χ2v) is 5.86. The van der Waals surface area contributed by atoms with Crippen LogP contribution in [0.5, 0.6) is 0 Å². The van der Waals surface area contributed by atoms with E-state index in [1.165, 1.54) is 21.8 Å². The Hall–Kier alpha value is -2.03. The van der Waals surface area contributed by atoms with Crippen molar-refractivity contribution in [2.24, 2.45) is 7.05 Å². The summed E-state index contributed by atoms with van der Waals surface area (Å²) in [6.45, 7) is -0.0305. The van der Waals surface area contributed by atoms with E-state index in [4.69, 9.17) is 0 Å². The molecule has 0 spiro atoms. The number of hydrogen-bond donors (Lipinski definition) is 0. The average molecular weight is 394 g/mol. The highest BCUT2D eigenvalue weighted by Gasteiger charge is 2.12. The van der Waals surface area contributed by atoms with Gasteiger partial charge in [0.15, 0.2) is 11.4 Å². The van der Waals surface area contributed by atoms with Crippen LogP contribution in [0.1, 0.15) is 10.4 Å². The maximum absolute atomic E-state index is 12.3. The lowest BCUT2D eigenvalue weighted by molar-refractivity contribution is 0.0970.